The van der Waals surface area contributed by atoms with Crippen molar-refractivity contribution in [3.05, 3.63) is 59.2 Å². The average Bonchev–Trinajstić information content (AvgIpc) is 3.13. The molecule has 0 saturated heterocycles. The Morgan fingerprint density at radius 3 is 2.86 bits per heavy atom. The highest BCUT2D eigenvalue weighted by molar-refractivity contribution is 6.16. The van der Waals surface area contributed by atoms with Crippen molar-refractivity contribution >= 4 is 22.8 Å². The summed E-state index contributed by atoms with van der Waals surface area (Å²) in [5.41, 5.74) is 1.33. The van der Waals surface area contributed by atoms with Crippen molar-refractivity contribution in [2.75, 3.05) is 0 Å². The summed E-state index contributed by atoms with van der Waals surface area (Å²) in [6, 6.07) is 8.79. The first-order valence-corrected chi connectivity index (χ1v) is 8.63. The van der Waals surface area contributed by atoms with Crippen LogP contribution in [0, 0.1) is 17.1 Å². The number of ketones is 1. The van der Waals surface area contributed by atoms with Gasteiger partial charge >= 0.3 is 0 Å². The summed E-state index contributed by atoms with van der Waals surface area (Å²) in [5, 5.41) is 28.8. The number of halogens is 1. The molecule has 4 rings (SSSR count). The fraction of sp³-hybridized carbons (Fsp3) is 0.143. The molecule has 1 aromatic heterocycles. The second-order valence-electron chi connectivity index (χ2n) is 6.48. The Morgan fingerprint density at radius 2 is 2.07 bits per heavy atom. The minimum atomic E-state index is -0.519. The number of hydrogen-bond acceptors (Lipinski definition) is 5. The lowest BCUT2D eigenvalue weighted by Gasteiger charge is -2.02. The fourth-order valence-corrected chi connectivity index (χ4v) is 3.34. The minimum absolute atomic E-state index is 0.0204. The highest BCUT2D eigenvalue weighted by Crippen LogP contribution is 2.41. The van der Waals surface area contributed by atoms with E-state index < -0.39 is 11.6 Å². The molecule has 0 bridgehead atoms. The van der Waals surface area contributed by atoms with Crippen molar-refractivity contribution in [3.8, 4) is 23.3 Å². The van der Waals surface area contributed by atoms with Crippen molar-refractivity contribution in [2.45, 2.75) is 19.4 Å². The standard InChI is InChI=1S/C21H15FN2O4/c22-13-3-4-16-15(8-13)12(11-24(16)6-2-1-5-23)7-19-21(27)20-17(26)9-14(25)10-18(20)28-19/h3-4,7-11,25-26H,1-2,6H2. The van der Waals surface area contributed by atoms with E-state index >= 15 is 0 Å². The van der Waals surface area contributed by atoms with Gasteiger partial charge in [-0.3, -0.25) is 4.79 Å². The maximum Gasteiger partial charge on any atom is 0.235 e. The largest absolute Gasteiger partial charge is 0.508 e. The van der Waals surface area contributed by atoms with Crippen LogP contribution in [0.4, 0.5) is 4.39 Å². The van der Waals surface area contributed by atoms with E-state index in [9.17, 15) is 19.4 Å². The fourth-order valence-electron chi connectivity index (χ4n) is 3.34. The van der Waals surface area contributed by atoms with Crippen molar-refractivity contribution in [2.24, 2.45) is 0 Å². The molecule has 2 N–H and O–H groups in total. The number of benzene rings is 2. The molecule has 0 amide bonds. The first kappa shape index (κ1) is 17.6. The number of rotatable bonds is 4. The molecule has 0 atom stereocenters. The van der Waals surface area contributed by atoms with Gasteiger partial charge in [-0.25, -0.2) is 4.39 Å². The lowest BCUT2D eigenvalue weighted by atomic mass is 10.1. The molecule has 2 aromatic carbocycles. The van der Waals surface area contributed by atoms with E-state index in [1.54, 1.807) is 12.3 Å². The van der Waals surface area contributed by atoms with Crippen LogP contribution in [0.2, 0.25) is 0 Å². The zero-order valence-electron chi connectivity index (χ0n) is 14.6. The Labute approximate surface area is 159 Å². The number of phenols is 2. The lowest BCUT2D eigenvalue weighted by Crippen LogP contribution is -1.98. The summed E-state index contributed by atoms with van der Waals surface area (Å²) in [6.07, 6.45) is 4.30. The number of nitrogens with zero attached hydrogens (tertiary/aromatic N) is 2. The second kappa shape index (κ2) is 6.74. The van der Waals surface area contributed by atoms with Gasteiger partial charge in [0.25, 0.3) is 0 Å². The quantitative estimate of drug-likeness (QED) is 0.526. The second-order valence-corrected chi connectivity index (χ2v) is 6.48. The Balaban J connectivity index is 1.78. The van der Waals surface area contributed by atoms with E-state index in [0.717, 1.165) is 11.6 Å². The van der Waals surface area contributed by atoms with Crippen LogP contribution in [0.15, 0.2) is 42.3 Å². The van der Waals surface area contributed by atoms with Crippen LogP contribution in [0.3, 0.4) is 0 Å². The zero-order valence-corrected chi connectivity index (χ0v) is 14.6. The van der Waals surface area contributed by atoms with Gasteiger partial charge in [0, 0.05) is 47.8 Å². The molecule has 7 heteroatoms. The number of hydrogen-bond donors (Lipinski definition) is 2. The van der Waals surface area contributed by atoms with Crippen molar-refractivity contribution in [1.29, 1.82) is 5.26 Å². The molecule has 0 aliphatic carbocycles. The molecule has 28 heavy (non-hydrogen) atoms. The summed E-state index contributed by atoms with van der Waals surface area (Å²) in [7, 11) is 0. The van der Waals surface area contributed by atoms with Gasteiger partial charge in [-0.05, 0) is 30.7 Å². The number of nitriles is 1. The van der Waals surface area contributed by atoms with E-state index in [1.807, 2.05) is 4.57 Å². The number of carbonyl (C=O) groups is 1. The number of Topliss-reactive ketones (excluding diaryl/α,β-unsaturated/α-hetero) is 1. The number of aryl methyl sites for hydroxylation is 1. The lowest BCUT2D eigenvalue weighted by molar-refractivity contribution is 0.101. The molecule has 3 aromatic rings. The number of ether oxygens (including phenoxy) is 1. The number of phenolic OH excluding ortho intramolecular Hbond substituents is 2. The van der Waals surface area contributed by atoms with Crippen LogP contribution in [0.1, 0.15) is 28.8 Å². The molecule has 140 valence electrons. The van der Waals surface area contributed by atoms with Crippen LogP contribution < -0.4 is 4.74 Å². The normalized spacial score (nSPS) is 14.3. The molecular formula is C21H15FN2O4. The molecule has 0 radical (unpaired) electrons. The highest BCUT2D eigenvalue weighted by atomic mass is 19.1. The zero-order chi connectivity index (χ0) is 19.8. The Hall–Kier alpha value is -3.79. The maximum absolute atomic E-state index is 13.8. The van der Waals surface area contributed by atoms with Crippen molar-refractivity contribution in [1.82, 2.24) is 4.57 Å². The third kappa shape index (κ3) is 2.95. The van der Waals surface area contributed by atoms with Crippen LogP contribution in [0.25, 0.3) is 17.0 Å². The third-order valence-electron chi connectivity index (χ3n) is 4.59. The number of aromatic hydroxyl groups is 2. The molecule has 1 aliphatic heterocycles. The smallest absolute Gasteiger partial charge is 0.235 e. The van der Waals surface area contributed by atoms with Gasteiger partial charge in [0.2, 0.25) is 5.78 Å². The number of aromatic nitrogens is 1. The Morgan fingerprint density at radius 1 is 1.25 bits per heavy atom. The van der Waals surface area contributed by atoms with Crippen molar-refractivity contribution < 1.29 is 24.1 Å². The van der Waals surface area contributed by atoms with Crippen LogP contribution in [-0.4, -0.2) is 20.6 Å². The first-order valence-electron chi connectivity index (χ1n) is 8.63. The van der Waals surface area contributed by atoms with E-state index in [1.165, 1.54) is 24.3 Å². The molecular weight excluding hydrogens is 363 g/mol. The van der Waals surface area contributed by atoms with Crippen molar-refractivity contribution in [3.63, 3.8) is 0 Å². The molecule has 0 unspecified atom stereocenters. The predicted octanol–water partition coefficient (Wildman–Crippen LogP) is 4.11. The number of unbranched alkanes of at least 4 members (excludes halogenated alkanes) is 1. The molecule has 0 spiro atoms. The summed E-state index contributed by atoms with van der Waals surface area (Å²) >= 11 is 0. The van der Waals surface area contributed by atoms with E-state index in [0.29, 0.717) is 30.3 Å². The number of fused-ring (bicyclic) bond motifs is 2. The summed E-state index contributed by atoms with van der Waals surface area (Å²) < 4.78 is 21.2. The number of carbonyl (C=O) groups excluding carboxylic acids is 1. The summed E-state index contributed by atoms with van der Waals surface area (Å²) in [5.74, 6) is -1.48. The van der Waals surface area contributed by atoms with Crippen LogP contribution in [-0.2, 0) is 6.54 Å². The minimum Gasteiger partial charge on any atom is -0.508 e. The van der Waals surface area contributed by atoms with Gasteiger partial charge in [0.15, 0.2) is 5.76 Å². The monoisotopic (exact) mass is 378 g/mol. The van der Waals surface area contributed by atoms with E-state index in [4.69, 9.17) is 10.00 Å². The highest BCUT2D eigenvalue weighted by Gasteiger charge is 2.31. The van der Waals surface area contributed by atoms with Crippen LogP contribution >= 0.6 is 0 Å². The third-order valence-corrected chi connectivity index (χ3v) is 4.59. The van der Waals surface area contributed by atoms with Gasteiger partial charge in [0.1, 0.15) is 28.6 Å². The molecule has 6 nitrogen and oxygen atoms in total. The topological polar surface area (TPSA) is 95.5 Å². The van der Waals surface area contributed by atoms with Gasteiger partial charge in [-0.2, -0.15) is 5.26 Å². The predicted molar refractivity (Wildman–Crippen MR) is 99.5 cm³/mol. The van der Waals surface area contributed by atoms with Gasteiger partial charge in [-0.15, -0.1) is 0 Å². The molecule has 2 heterocycles. The van der Waals surface area contributed by atoms with E-state index in [-0.39, 0.29) is 28.6 Å². The van der Waals surface area contributed by atoms with Gasteiger partial charge in [0.05, 0.1) is 6.07 Å². The SMILES string of the molecule is N#CCCCn1cc(C=C2Oc3cc(O)cc(O)c3C2=O)c2cc(F)ccc21. The summed E-state index contributed by atoms with van der Waals surface area (Å²) in [4.78, 5) is 12.6. The summed E-state index contributed by atoms with van der Waals surface area (Å²) in [6.45, 7) is 0.572. The molecule has 0 fully saturated rings. The van der Waals surface area contributed by atoms with Gasteiger partial charge in [-0.1, -0.05) is 0 Å². The Bertz CT molecular complexity index is 1190. The average molecular weight is 378 g/mol. The van der Waals surface area contributed by atoms with E-state index in [2.05, 4.69) is 6.07 Å². The molecule has 1 aliphatic rings. The first-order chi connectivity index (χ1) is 13.5. The van der Waals surface area contributed by atoms with Gasteiger partial charge < -0.3 is 19.5 Å². The molecule has 0 saturated carbocycles. The van der Waals surface area contributed by atoms with Crippen LogP contribution in [0.5, 0.6) is 17.2 Å². The number of allylic oxidation sites excluding steroid dienone is 1. The maximum atomic E-state index is 13.8. The Kier molecular flexibility index (Phi) is 4.24.